The number of amides is 4. The zero-order valence-electron chi connectivity index (χ0n) is 18.2. The fourth-order valence-electron chi connectivity index (χ4n) is 3.63. The summed E-state index contributed by atoms with van der Waals surface area (Å²) in [6.07, 6.45) is 0.340. The molecule has 1 aliphatic heterocycles. The number of nitrogens with one attached hydrogen (secondary N) is 1. The van der Waals surface area contributed by atoms with Gasteiger partial charge in [-0.1, -0.05) is 17.4 Å². The van der Waals surface area contributed by atoms with Gasteiger partial charge in [0, 0.05) is 44.7 Å². The van der Waals surface area contributed by atoms with E-state index in [0.717, 1.165) is 15.1 Å². The minimum absolute atomic E-state index is 0.170. The van der Waals surface area contributed by atoms with Gasteiger partial charge in [-0.3, -0.25) is 24.1 Å². The summed E-state index contributed by atoms with van der Waals surface area (Å²) in [7, 11) is 1.60. The quantitative estimate of drug-likeness (QED) is 0.562. The number of anilines is 2. The summed E-state index contributed by atoms with van der Waals surface area (Å²) < 4.78 is 7.95. The van der Waals surface area contributed by atoms with E-state index in [0.29, 0.717) is 29.3 Å². The highest BCUT2D eigenvalue weighted by molar-refractivity contribution is 7.16. The highest BCUT2D eigenvalue weighted by Crippen LogP contribution is 2.24. The van der Waals surface area contributed by atoms with E-state index in [1.807, 2.05) is 16.7 Å². The smallest absolute Gasteiger partial charge is 0.279 e. The summed E-state index contributed by atoms with van der Waals surface area (Å²) >= 11 is 1.32. The number of ether oxygens (including phenoxy) is 1. The topological polar surface area (TPSA) is 110 Å². The molecule has 0 atom stereocenters. The van der Waals surface area contributed by atoms with E-state index in [1.54, 1.807) is 31.4 Å². The molecule has 1 N–H and O–H groups in total. The van der Waals surface area contributed by atoms with E-state index >= 15 is 0 Å². The third kappa shape index (κ3) is 4.76. The Hall–Kier alpha value is -3.63. The highest BCUT2D eigenvalue weighted by atomic mass is 32.1. The Morgan fingerprint density at radius 1 is 1.12 bits per heavy atom. The Balaban J connectivity index is 1.73. The van der Waals surface area contributed by atoms with E-state index in [4.69, 9.17) is 4.74 Å². The van der Waals surface area contributed by atoms with Crippen molar-refractivity contribution in [2.45, 2.75) is 26.3 Å². The second kappa shape index (κ2) is 9.47. The first-order valence-electron chi connectivity index (χ1n) is 10.3. The molecule has 1 saturated heterocycles. The van der Waals surface area contributed by atoms with Crippen LogP contribution in [0.1, 0.15) is 30.1 Å². The molecule has 1 fully saturated rings. The average molecular weight is 467 g/mol. The third-order valence-electron chi connectivity index (χ3n) is 5.12. The Labute approximate surface area is 193 Å². The number of methoxy groups -OCH3 is 1. The molecule has 0 saturated carbocycles. The molecule has 3 aromatic rings. The van der Waals surface area contributed by atoms with Gasteiger partial charge in [-0.05, 0) is 36.4 Å². The molecule has 2 heterocycles. The second-order valence-corrected chi connectivity index (χ2v) is 8.49. The SMILES string of the molecule is COCCn1c(=NC(=O)c2cccc(N3C(=O)CCC3=O)c2)sc2cc(NC(C)=O)ccc21. The largest absolute Gasteiger partial charge is 0.383 e. The summed E-state index contributed by atoms with van der Waals surface area (Å²) in [6, 6.07) is 11.8. The van der Waals surface area contributed by atoms with Gasteiger partial charge >= 0.3 is 0 Å². The number of fused-ring (bicyclic) bond motifs is 1. The molecule has 0 radical (unpaired) electrons. The summed E-state index contributed by atoms with van der Waals surface area (Å²) in [5.41, 5.74) is 2.15. The maximum absolute atomic E-state index is 13.0. The van der Waals surface area contributed by atoms with Gasteiger partial charge in [-0.15, -0.1) is 0 Å². The van der Waals surface area contributed by atoms with Crippen LogP contribution in [0.25, 0.3) is 10.2 Å². The second-order valence-electron chi connectivity index (χ2n) is 7.48. The predicted octanol–water partition coefficient (Wildman–Crippen LogP) is 2.70. The number of nitrogens with zero attached hydrogens (tertiary/aromatic N) is 3. The van der Waals surface area contributed by atoms with Crippen LogP contribution in [-0.2, 0) is 25.7 Å². The minimum Gasteiger partial charge on any atom is -0.383 e. The van der Waals surface area contributed by atoms with E-state index in [2.05, 4.69) is 10.3 Å². The Morgan fingerprint density at radius 2 is 1.88 bits per heavy atom. The minimum atomic E-state index is -0.490. The highest BCUT2D eigenvalue weighted by Gasteiger charge is 2.30. The first-order chi connectivity index (χ1) is 15.9. The van der Waals surface area contributed by atoms with Crippen LogP contribution >= 0.6 is 11.3 Å². The van der Waals surface area contributed by atoms with Crippen molar-refractivity contribution in [3.05, 3.63) is 52.8 Å². The first-order valence-corrected chi connectivity index (χ1v) is 11.1. The zero-order chi connectivity index (χ0) is 23.5. The molecule has 9 nitrogen and oxygen atoms in total. The summed E-state index contributed by atoms with van der Waals surface area (Å²) in [4.78, 5) is 54.4. The Bertz CT molecular complexity index is 1320. The standard InChI is InChI=1S/C23H22N4O5S/c1-14(28)24-16-6-7-18-19(13-16)33-23(26(18)10-11-32-2)25-22(31)15-4-3-5-17(12-15)27-20(29)8-9-21(27)30/h3-7,12-13H,8-11H2,1-2H3,(H,24,28). The van der Waals surface area contributed by atoms with Crippen LogP contribution in [0.4, 0.5) is 11.4 Å². The molecule has 4 rings (SSSR count). The van der Waals surface area contributed by atoms with Crippen molar-refractivity contribution in [1.82, 2.24) is 4.57 Å². The van der Waals surface area contributed by atoms with Crippen molar-refractivity contribution < 1.29 is 23.9 Å². The monoisotopic (exact) mass is 466 g/mol. The lowest BCUT2D eigenvalue weighted by atomic mass is 10.2. The Morgan fingerprint density at radius 3 is 2.58 bits per heavy atom. The predicted molar refractivity (Wildman–Crippen MR) is 124 cm³/mol. The number of rotatable bonds is 6. The fraction of sp³-hybridized carbons (Fsp3) is 0.261. The number of thiazole rings is 1. The molecule has 0 aliphatic carbocycles. The zero-order valence-corrected chi connectivity index (χ0v) is 19.0. The van der Waals surface area contributed by atoms with Gasteiger partial charge in [0.2, 0.25) is 17.7 Å². The molecule has 2 aromatic carbocycles. The van der Waals surface area contributed by atoms with Gasteiger partial charge in [0.25, 0.3) is 5.91 Å². The average Bonchev–Trinajstić information content (AvgIpc) is 3.29. The van der Waals surface area contributed by atoms with Gasteiger partial charge in [-0.2, -0.15) is 4.99 Å². The van der Waals surface area contributed by atoms with E-state index in [9.17, 15) is 19.2 Å². The summed E-state index contributed by atoms with van der Waals surface area (Å²) in [6.45, 7) is 2.35. The van der Waals surface area contributed by atoms with Crippen LogP contribution < -0.4 is 15.0 Å². The van der Waals surface area contributed by atoms with Crippen LogP contribution in [0.3, 0.4) is 0 Å². The number of benzene rings is 2. The summed E-state index contributed by atoms with van der Waals surface area (Å²) in [5, 5.41) is 2.75. The molecular weight excluding hydrogens is 444 g/mol. The first kappa shape index (κ1) is 22.6. The number of aromatic nitrogens is 1. The van der Waals surface area contributed by atoms with Crippen molar-refractivity contribution in [3.63, 3.8) is 0 Å². The van der Waals surface area contributed by atoms with Crippen molar-refractivity contribution in [2.75, 3.05) is 23.9 Å². The number of hydrogen-bond donors (Lipinski definition) is 1. The number of hydrogen-bond acceptors (Lipinski definition) is 6. The molecule has 0 unspecified atom stereocenters. The van der Waals surface area contributed by atoms with Crippen LogP contribution in [-0.4, -0.2) is 41.9 Å². The maximum atomic E-state index is 13.0. The summed E-state index contributed by atoms with van der Waals surface area (Å²) in [5.74, 6) is -1.22. The molecule has 4 amide bonds. The van der Waals surface area contributed by atoms with Gasteiger partial charge in [0.1, 0.15) is 0 Å². The van der Waals surface area contributed by atoms with E-state index in [1.165, 1.54) is 24.3 Å². The molecule has 170 valence electrons. The van der Waals surface area contributed by atoms with E-state index < -0.39 is 5.91 Å². The van der Waals surface area contributed by atoms with Crippen LogP contribution in [0, 0.1) is 0 Å². The van der Waals surface area contributed by atoms with Crippen molar-refractivity contribution in [2.24, 2.45) is 4.99 Å². The van der Waals surface area contributed by atoms with Crippen molar-refractivity contribution in [1.29, 1.82) is 0 Å². The third-order valence-corrected chi connectivity index (χ3v) is 6.16. The van der Waals surface area contributed by atoms with Gasteiger partial charge in [-0.25, -0.2) is 0 Å². The molecule has 33 heavy (non-hydrogen) atoms. The fourth-order valence-corrected chi connectivity index (χ4v) is 4.73. The lowest BCUT2D eigenvalue weighted by Crippen LogP contribution is -2.28. The Kier molecular flexibility index (Phi) is 6.47. The van der Waals surface area contributed by atoms with Crippen LogP contribution in [0.2, 0.25) is 0 Å². The molecule has 1 aromatic heterocycles. The lowest BCUT2D eigenvalue weighted by molar-refractivity contribution is -0.121. The molecule has 0 bridgehead atoms. The molecular formula is C23H22N4O5S. The normalized spacial score (nSPS) is 14.4. The van der Waals surface area contributed by atoms with Crippen molar-refractivity contribution >= 4 is 56.6 Å². The van der Waals surface area contributed by atoms with Crippen LogP contribution in [0.15, 0.2) is 47.5 Å². The number of carbonyl (C=O) groups excluding carboxylic acids is 4. The van der Waals surface area contributed by atoms with E-state index in [-0.39, 0.29) is 36.1 Å². The lowest BCUT2D eigenvalue weighted by Gasteiger charge is -2.14. The van der Waals surface area contributed by atoms with Gasteiger partial charge in [0.15, 0.2) is 4.80 Å². The number of carbonyl (C=O) groups is 4. The van der Waals surface area contributed by atoms with Crippen LogP contribution in [0.5, 0.6) is 0 Å². The van der Waals surface area contributed by atoms with Crippen molar-refractivity contribution in [3.8, 4) is 0 Å². The maximum Gasteiger partial charge on any atom is 0.279 e. The van der Waals surface area contributed by atoms with Gasteiger partial charge in [0.05, 0.1) is 22.5 Å². The molecule has 0 spiro atoms. The molecule has 1 aliphatic rings. The number of imide groups is 1. The molecule has 10 heteroatoms. The van der Waals surface area contributed by atoms with Gasteiger partial charge < -0.3 is 14.6 Å².